The highest BCUT2D eigenvalue weighted by atomic mass is 16.5. The monoisotopic (exact) mass is 333 g/mol. The van der Waals surface area contributed by atoms with Crippen molar-refractivity contribution in [2.24, 2.45) is 0 Å². The molecule has 1 rings (SSSR count). The van der Waals surface area contributed by atoms with E-state index < -0.39 is 0 Å². The second-order valence-corrected chi connectivity index (χ2v) is 7.18. The molecule has 134 valence electrons. The zero-order valence-electron chi connectivity index (χ0n) is 16.1. The molecule has 4 nitrogen and oxygen atoms in total. The van der Waals surface area contributed by atoms with E-state index in [1.165, 1.54) is 0 Å². The van der Waals surface area contributed by atoms with Crippen molar-refractivity contribution < 1.29 is 14.3 Å². The van der Waals surface area contributed by atoms with Crippen molar-refractivity contribution in [3.8, 4) is 5.75 Å². The maximum absolute atomic E-state index is 12.3. The second-order valence-electron chi connectivity index (χ2n) is 7.18. The minimum absolute atomic E-state index is 0.240. The summed E-state index contributed by atoms with van der Waals surface area (Å²) in [4.78, 5) is 24.5. The number of carbonyl (C=O) groups is 2. The van der Waals surface area contributed by atoms with E-state index >= 15 is 0 Å². The third kappa shape index (κ3) is 4.91. The molecule has 0 fully saturated rings. The third-order valence-electron chi connectivity index (χ3n) is 4.40. The number of likely N-dealkylation sites (N-methyl/N-ethyl adjacent to an activating group) is 1. The van der Waals surface area contributed by atoms with Gasteiger partial charge in [0.05, 0.1) is 0 Å². The molecule has 0 aliphatic rings. The summed E-state index contributed by atoms with van der Waals surface area (Å²) < 4.78 is 5.72. The fraction of sp³-hybridized carbons (Fsp3) is 0.600. The van der Waals surface area contributed by atoms with Crippen LogP contribution < -0.4 is 10.1 Å². The van der Waals surface area contributed by atoms with Gasteiger partial charge in [0.25, 0.3) is 0 Å². The largest absolute Gasteiger partial charge is 0.425 e. The van der Waals surface area contributed by atoms with Crippen molar-refractivity contribution in [2.45, 2.75) is 72.3 Å². The van der Waals surface area contributed by atoms with Crippen molar-refractivity contribution in [2.75, 3.05) is 7.05 Å². The number of ketones is 1. The molecule has 0 amide bonds. The molecule has 0 saturated carbocycles. The zero-order valence-corrected chi connectivity index (χ0v) is 16.1. The molecule has 1 aromatic carbocycles. The van der Waals surface area contributed by atoms with E-state index in [2.05, 4.69) is 5.32 Å². The molecular formula is C20H31NO3. The van der Waals surface area contributed by atoms with Gasteiger partial charge in [0.1, 0.15) is 17.6 Å². The summed E-state index contributed by atoms with van der Waals surface area (Å²) in [7, 11) is 1.73. The van der Waals surface area contributed by atoms with Crippen LogP contribution in [0.5, 0.6) is 5.75 Å². The van der Waals surface area contributed by atoms with E-state index in [1.807, 2.05) is 46.8 Å². The van der Waals surface area contributed by atoms with E-state index in [0.29, 0.717) is 18.6 Å². The number of ether oxygens (including phenoxy) is 1. The standard InChI is InChI=1S/C20H31NO3/c1-8-9-16(22)12-20(5,6)17-13(2)10-11-14(3)18(17)24-19(23)15(4)21-7/h10-11,15,21H,8-9,12H2,1-7H3. The molecule has 0 spiro atoms. The Balaban J connectivity index is 3.28. The topological polar surface area (TPSA) is 55.4 Å². The maximum atomic E-state index is 12.3. The Labute approximate surface area is 146 Å². The van der Waals surface area contributed by atoms with Crippen molar-refractivity contribution in [1.29, 1.82) is 0 Å². The van der Waals surface area contributed by atoms with Gasteiger partial charge in [0, 0.05) is 23.8 Å². The Morgan fingerprint density at radius 3 is 2.33 bits per heavy atom. The summed E-state index contributed by atoms with van der Waals surface area (Å²) >= 11 is 0. The lowest BCUT2D eigenvalue weighted by Gasteiger charge is -2.30. The number of Topliss-reactive ketones (excluding diaryl/α,β-unsaturated/α-hetero) is 1. The summed E-state index contributed by atoms with van der Waals surface area (Å²) in [5.41, 5.74) is 2.50. The quantitative estimate of drug-likeness (QED) is 0.580. The summed E-state index contributed by atoms with van der Waals surface area (Å²) in [6.07, 6.45) is 1.88. The molecule has 1 unspecified atom stereocenters. The van der Waals surface area contributed by atoms with Gasteiger partial charge in [-0.05, 0) is 45.4 Å². The molecule has 0 bridgehead atoms. The highest BCUT2D eigenvalue weighted by Gasteiger charge is 2.31. The average Bonchev–Trinajstić information content (AvgIpc) is 2.49. The van der Waals surface area contributed by atoms with Gasteiger partial charge >= 0.3 is 5.97 Å². The number of carbonyl (C=O) groups excluding carboxylic acids is 2. The van der Waals surface area contributed by atoms with Gasteiger partial charge < -0.3 is 10.1 Å². The van der Waals surface area contributed by atoms with E-state index in [4.69, 9.17) is 4.74 Å². The second kappa shape index (κ2) is 8.43. The van der Waals surface area contributed by atoms with Crippen LogP contribution in [0.25, 0.3) is 0 Å². The number of hydrogen-bond donors (Lipinski definition) is 1. The number of hydrogen-bond acceptors (Lipinski definition) is 4. The Morgan fingerprint density at radius 2 is 1.79 bits per heavy atom. The summed E-state index contributed by atoms with van der Waals surface area (Å²) in [5.74, 6) is 0.517. The molecule has 0 radical (unpaired) electrons. The fourth-order valence-electron chi connectivity index (χ4n) is 3.01. The van der Waals surface area contributed by atoms with Gasteiger partial charge in [0.15, 0.2) is 0 Å². The van der Waals surface area contributed by atoms with Crippen LogP contribution >= 0.6 is 0 Å². The van der Waals surface area contributed by atoms with Crippen LogP contribution in [0.3, 0.4) is 0 Å². The molecule has 0 aliphatic heterocycles. The molecule has 24 heavy (non-hydrogen) atoms. The molecule has 0 heterocycles. The summed E-state index contributed by atoms with van der Waals surface area (Å²) in [6.45, 7) is 11.8. The van der Waals surface area contributed by atoms with Crippen LogP contribution in [0.15, 0.2) is 12.1 Å². The molecule has 1 atom stereocenters. The zero-order chi connectivity index (χ0) is 18.5. The Kier molecular flexibility index (Phi) is 7.15. The Bertz CT molecular complexity index is 605. The molecule has 4 heteroatoms. The fourth-order valence-corrected chi connectivity index (χ4v) is 3.01. The number of nitrogens with one attached hydrogen (secondary N) is 1. The number of esters is 1. The van der Waals surface area contributed by atoms with Crippen molar-refractivity contribution in [1.82, 2.24) is 5.32 Å². The van der Waals surface area contributed by atoms with E-state index in [0.717, 1.165) is 23.1 Å². The van der Waals surface area contributed by atoms with Crippen LogP contribution in [-0.4, -0.2) is 24.8 Å². The first-order chi connectivity index (χ1) is 11.1. The first-order valence-electron chi connectivity index (χ1n) is 8.65. The van der Waals surface area contributed by atoms with Crippen LogP contribution in [0.4, 0.5) is 0 Å². The number of benzene rings is 1. The lowest BCUT2D eigenvalue weighted by atomic mass is 9.76. The predicted octanol–water partition coefficient (Wildman–Crippen LogP) is 3.85. The normalized spacial score (nSPS) is 12.8. The van der Waals surface area contributed by atoms with Crippen LogP contribution in [-0.2, 0) is 15.0 Å². The highest BCUT2D eigenvalue weighted by molar-refractivity contribution is 5.81. The van der Waals surface area contributed by atoms with Gasteiger partial charge in [-0.2, -0.15) is 0 Å². The first-order valence-corrected chi connectivity index (χ1v) is 8.65. The minimum atomic E-state index is -0.388. The maximum Gasteiger partial charge on any atom is 0.328 e. The van der Waals surface area contributed by atoms with Crippen molar-refractivity contribution >= 4 is 11.8 Å². The summed E-state index contributed by atoms with van der Waals surface area (Å²) in [5, 5.41) is 2.90. The number of aryl methyl sites for hydroxylation is 2. The van der Waals surface area contributed by atoms with Gasteiger partial charge in [-0.3, -0.25) is 4.79 Å². The van der Waals surface area contributed by atoms with Gasteiger partial charge in [-0.25, -0.2) is 4.79 Å². The van der Waals surface area contributed by atoms with Crippen LogP contribution in [0.2, 0.25) is 0 Å². The minimum Gasteiger partial charge on any atom is -0.425 e. The Morgan fingerprint density at radius 1 is 1.21 bits per heavy atom. The first kappa shape index (κ1) is 20.4. The lowest BCUT2D eigenvalue weighted by molar-refractivity contribution is -0.136. The van der Waals surface area contributed by atoms with E-state index in [1.54, 1.807) is 14.0 Å². The van der Waals surface area contributed by atoms with E-state index in [9.17, 15) is 9.59 Å². The summed E-state index contributed by atoms with van der Waals surface area (Å²) in [6, 6.07) is 3.59. The SMILES string of the molecule is CCCC(=O)CC(C)(C)c1c(C)ccc(C)c1OC(=O)C(C)NC. The smallest absolute Gasteiger partial charge is 0.328 e. The number of rotatable bonds is 8. The third-order valence-corrected chi connectivity index (χ3v) is 4.40. The van der Waals surface area contributed by atoms with E-state index in [-0.39, 0.29) is 23.2 Å². The highest BCUT2D eigenvalue weighted by Crippen LogP contribution is 2.39. The lowest BCUT2D eigenvalue weighted by Crippen LogP contribution is -2.35. The molecule has 0 saturated heterocycles. The molecular weight excluding hydrogens is 302 g/mol. The molecule has 0 aromatic heterocycles. The molecule has 1 N–H and O–H groups in total. The molecule has 0 aliphatic carbocycles. The molecule has 1 aromatic rings. The Hall–Kier alpha value is -1.68. The van der Waals surface area contributed by atoms with Crippen molar-refractivity contribution in [3.63, 3.8) is 0 Å². The van der Waals surface area contributed by atoms with Gasteiger partial charge in [0.2, 0.25) is 0 Å². The van der Waals surface area contributed by atoms with Gasteiger partial charge in [-0.1, -0.05) is 32.9 Å². The van der Waals surface area contributed by atoms with Crippen LogP contribution in [0, 0.1) is 13.8 Å². The van der Waals surface area contributed by atoms with Crippen LogP contribution in [0.1, 0.15) is 63.6 Å². The predicted molar refractivity (Wildman–Crippen MR) is 97.6 cm³/mol. The van der Waals surface area contributed by atoms with Crippen molar-refractivity contribution in [3.05, 3.63) is 28.8 Å². The average molecular weight is 333 g/mol. The van der Waals surface area contributed by atoms with Gasteiger partial charge in [-0.15, -0.1) is 0 Å².